The molecule has 0 aliphatic heterocycles. The molecule has 5 heteroatoms. The summed E-state index contributed by atoms with van der Waals surface area (Å²) < 4.78 is 30.3. The standard InChI is InChI=1S/C13H13F2NO2/c1-3-18-12(17)6-10-8(2)4-5-9(13(14)15)11(10)7-16/h4-5,13H,3,6H2,1-2H3. The Morgan fingerprint density at radius 1 is 1.50 bits per heavy atom. The lowest BCUT2D eigenvalue weighted by Crippen LogP contribution is -2.11. The molecule has 0 aromatic heterocycles. The summed E-state index contributed by atoms with van der Waals surface area (Å²) >= 11 is 0. The highest BCUT2D eigenvalue weighted by Crippen LogP contribution is 2.27. The molecule has 0 atom stereocenters. The van der Waals surface area contributed by atoms with E-state index in [2.05, 4.69) is 0 Å². The minimum absolute atomic E-state index is 0.127. The van der Waals surface area contributed by atoms with Crippen LogP contribution in [0.2, 0.25) is 0 Å². The third-order valence-electron chi connectivity index (χ3n) is 2.55. The molecule has 0 unspecified atom stereocenters. The summed E-state index contributed by atoms with van der Waals surface area (Å²) in [4.78, 5) is 11.4. The molecule has 96 valence electrons. The second kappa shape index (κ2) is 6.10. The number of alkyl halides is 2. The predicted molar refractivity (Wildman–Crippen MR) is 61.2 cm³/mol. The Bertz CT molecular complexity index is 492. The number of carbonyl (C=O) groups is 1. The Hall–Kier alpha value is -1.96. The van der Waals surface area contributed by atoms with Gasteiger partial charge in [-0.05, 0) is 25.0 Å². The van der Waals surface area contributed by atoms with Gasteiger partial charge in [-0.1, -0.05) is 12.1 Å². The van der Waals surface area contributed by atoms with Crippen LogP contribution in [0.3, 0.4) is 0 Å². The van der Waals surface area contributed by atoms with Gasteiger partial charge < -0.3 is 4.74 Å². The third-order valence-corrected chi connectivity index (χ3v) is 2.55. The smallest absolute Gasteiger partial charge is 0.310 e. The third kappa shape index (κ3) is 3.04. The molecule has 3 nitrogen and oxygen atoms in total. The van der Waals surface area contributed by atoms with E-state index in [1.54, 1.807) is 19.9 Å². The molecular weight excluding hydrogens is 240 g/mol. The van der Waals surface area contributed by atoms with E-state index in [0.717, 1.165) is 0 Å². The summed E-state index contributed by atoms with van der Waals surface area (Å²) in [5, 5.41) is 8.98. The van der Waals surface area contributed by atoms with Crippen LogP contribution in [0.5, 0.6) is 0 Å². The van der Waals surface area contributed by atoms with Gasteiger partial charge in [0.1, 0.15) is 0 Å². The van der Waals surface area contributed by atoms with Crippen LogP contribution in [0.15, 0.2) is 12.1 Å². The van der Waals surface area contributed by atoms with E-state index in [9.17, 15) is 13.6 Å². The van der Waals surface area contributed by atoms with E-state index in [-0.39, 0.29) is 24.2 Å². The van der Waals surface area contributed by atoms with Gasteiger partial charge in [0.05, 0.1) is 24.7 Å². The van der Waals surface area contributed by atoms with Gasteiger partial charge in [-0.2, -0.15) is 5.26 Å². The van der Waals surface area contributed by atoms with Crippen molar-refractivity contribution in [2.75, 3.05) is 6.61 Å². The van der Waals surface area contributed by atoms with Crippen LogP contribution in [0.1, 0.15) is 35.6 Å². The monoisotopic (exact) mass is 253 g/mol. The molecule has 0 bridgehead atoms. The molecule has 0 aliphatic rings. The van der Waals surface area contributed by atoms with Crippen molar-refractivity contribution in [3.05, 3.63) is 34.4 Å². The fourth-order valence-electron chi connectivity index (χ4n) is 1.67. The van der Waals surface area contributed by atoms with E-state index in [1.807, 2.05) is 0 Å². The number of benzene rings is 1. The molecule has 0 fully saturated rings. The number of rotatable bonds is 4. The van der Waals surface area contributed by atoms with Crippen molar-refractivity contribution < 1.29 is 18.3 Å². The molecule has 0 aliphatic carbocycles. The number of nitrogens with zero attached hydrogens (tertiary/aromatic N) is 1. The van der Waals surface area contributed by atoms with Crippen LogP contribution in [-0.4, -0.2) is 12.6 Å². The first kappa shape index (κ1) is 14.1. The Balaban J connectivity index is 3.21. The average Bonchev–Trinajstić information content (AvgIpc) is 2.31. The zero-order chi connectivity index (χ0) is 13.7. The molecular formula is C13H13F2NO2. The number of esters is 1. The van der Waals surface area contributed by atoms with Crippen LogP contribution in [0, 0.1) is 18.3 Å². The second-order valence-corrected chi connectivity index (χ2v) is 3.72. The molecule has 1 aromatic rings. The molecule has 1 aromatic carbocycles. The fraction of sp³-hybridized carbons (Fsp3) is 0.385. The van der Waals surface area contributed by atoms with Crippen molar-refractivity contribution in [3.8, 4) is 6.07 Å². The Kier molecular flexibility index (Phi) is 4.78. The number of carbonyl (C=O) groups excluding carboxylic acids is 1. The quantitative estimate of drug-likeness (QED) is 0.775. The number of aryl methyl sites for hydroxylation is 1. The Labute approximate surface area is 104 Å². The van der Waals surface area contributed by atoms with Crippen molar-refractivity contribution in [2.24, 2.45) is 0 Å². The minimum Gasteiger partial charge on any atom is -0.466 e. The van der Waals surface area contributed by atoms with E-state index >= 15 is 0 Å². The lowest BCUT2D eigenvalue weighted by atomic mass is 9.95. The maximum Gasteiger partial charge on any atom is 0.310 e. The van der Waals surface area contributed by atoms with Gasteiger partial charge in [-0.3, -0.25) is 4.79 Å². The van der Waals surface area contributed by atoms with Gasteiger partial charge >= 0.3 is 5.97 Å². The van der Waals surface area contributed by atoms with E-state index in [4.69, 9.17) is 10.00 Å². The van der Waals surface area contributed by atoms with Crippen molar-refractivity contribution in [1.29, 1.82) is 5.26 Å². The van der Waals surface area contributed by atoms with Gasteiger partial charge in [0.15, 0.2) is 0 Å². The molecule has 0 spiro atoms. The van der Waals surface area contributed by atoms with Crippen molar-refractivity contribution in [2.45, 2.75) is 26.7 Å². The van der Waals surface area contributed by atoms with Crippen molar-refractivity contribution in [3.63, 3.8) is 0 Å². The van der Waals surface area contributed by atoms with Crippen molar-refractivity contribution in [1.82, 2.24) is 0 Å². The van der Waals surface area contributed by atoms with Gasteiger partial charge in [-0.25, -0.2) is 8.78 Å². The predicted octanol–water partition coefficient (Wildman–Crippen LogP) is 2.91. The second-order valence-electron chi connectivity index (χ2n) is 3.72. The van der Waals surface area contributed by atoms with Crippen LogP contribution in [0.25, 0.3) is 0 Å². The summed E-state index contributed by atoms with van der Waals surface area (Å²) in [6.45, 7) is 3.55. The molecule has 0 saturated carbocycles. The summed E-state index contributed by atoms with van der Waals surface area (Å²) in [5.41, 5.74) is 0.471. The Morgan fingerprint density at radius 3 is 2.67 bits per heavy atom. The highest BCUT2D eigenvalue weighted by Gasteiger charge is 2.19. The first-order valence-corrected chi connectivity index (χ1v) is 5.47. The average molecular weight is 253 g/mol. The molecule has 0 amide bonds. The van der Waals surface area contributed by atoms with E-state index in [1.165, 1.54) is 12.1 Å². The lowest BCUT2D eigenvalue weighted by molar-refractivity contribution is -0.142. The highest BCUT2D eigenvalue weighted by molar-refractivity contribution is 5.74. The summed E-state index contributed by atoms with van der Waals surface area (Å²) in [6.07, 6.45) is -2.90. The maximum absolute atomic E-state index is 12.7. The Morgan fingerprint density at radius 2 is 2.17 bits per heavy atom. The molecule has 0 heterocycles. The largest absolute Gasteiger partial charge is 0.466 e. The van der Waals surface area contributed by atoms with E-state index < -0.39 is 12.4 Å². The number of ether oxygens (including phenoxy) is 1. The minimum atomic E-state index is -2.74. The van der Waals surface area contributed by atoms with Crippen LogP contribution in [-0.2, 0) is 16.0 Å². The topological polar surface area (TPSA) is 50.1 Å². The summed E-state index contributed by atoms with van der Waals surface area (Å²) in [5.74, 6) is -0.525. The summed E-state index contributed by atoms with van der Waals surface area (Å²) in [6, 6.07) is 4.44. The van der Waals surface area contributed by atoms with Crippen LogP contribution in [0.4, 0.5) is 8.78 Å². The SMILES string of the molecule is CCOC(=O)Cc1c(C)ccc(C(F)F)c1C#N. The maximum atomic E-state index is 12.7. The van der Waals surface area contributed by atoms with Gasteiger partial charge in [0.2, 0.25) is 0 Å². The van der Waals surface area contributed by atoms with Gasteiger partial charge in [-0.15, -0.1) is 0 Å². The molecule has 0 N–H and O–H groups in total. The van der Waals surface area contributed by atoms with Gasteiger partial charge in [0, 0.05) is 5.56 Å². The van der Waals surface area contributed by atoms with Crippen LogP contribution < -0.4 is 0 Å². The number of hydrogen-bond acceptors (Lipinski definition) is 3. The first-order valence-electron chi connectivity index (χ1n) is 5.47. The lowest BCUT2D eigenvalue weighted by Gasteiger charge is -2.11. The fourth-order valence-corrected chi connectivity index (χ4v) is 1.67. The zero-order valence-corrected chi connectivity index (χ0v) is 10.2. The summed E-state index contributed by atoms with van der Waals surface area (Å²) in [7, 11) is 0. The number of nitriles is 1. The molecule has 1 rings (SSSR count). The normalized spacial score (nSPS) is 10.2. The number of hydrogen-bond donors (Lipinski definition) is 0. The highest BCUT2D eigenvalue weighted by atomic mass is 19.3. The van der Waals surface area contributed by atoms with Crippen molar-refractivity contribution >= 4 is 5.97 Å². The van der Waals surface area contributed by atoms with E-state index in [0.29, 0.717) is 11.1 Å². The first-order chi connectivity index (χ1) is 8.51. The van der Waals surface area contributed by atoms with Crippen LogP contribution >= 0.6 is 0 Å². The van der Waals surface area contributed by atoms with Gasteiger partial charge in [0.25, 0.3) is 6.43 Å². The molecule has 0 radical (unpaired) electrons. The molecule has 0 saturated heterocycles. The zero-order valence-electron chi connectivity index (χ0n) is 10.2. The number of halogens is 2. The molecule has 18 heavy (non-hydrogen) atoms.